The Balaban J connectivity index is 0.722. The molecule has 0 bridgehead atoms. The van der Waals surface area contributed by atoms with Crippen LogP contribution in [0.15, 0.2) is 72.9 Å². The molecule has 4 aliphatic rings. The Morgan fingerprint density at radius 3 is 2.44 bits per heavy atom. The Labute approximate surface area is 370 Å². The average molecular weight is 872 g/mol. The molecule has 6 N–H and O–H groups in total. The lowest BCUT2D eigenvalue weighted by molar-refractivity contribution is -0.136. The molecule has 17 heteroatoms. The van der Waals surface area contributed by atoms with Crippen LogP contribution in [0.2, 0.25) is 5.02 Å². The maximum Gasteiger partial charge on any atom is 0.317 e. The van der Waals surface area contributed by atoms with Gasteiger partial charge in [-0.05, 0) is 92.3 Å². The number of amides is 6. The van der Waals surface area contributed by atoms with Gasteiger partial charge < -0.3 is 41.3 Å². The molecule has 4 aromatic rings. The summed E-state index contributed by atoms with van der Waals surface area (Å²) in [5.41, 5.74) is 5.17. The second kappa shape index (κ2) is 19.6. The first kappa shape index (κ1) is 43.0. The highest BCUT2D eigenvalue weighted by Crippen LogP contribution is 2.30. The number of piperazine rings is 1. The van der Waals surface area contributed by atoms with Crippen LogP contribution >= 0.6 is 11.6 Å². The van der Waals surface area contributed by atoms with E-state index in [1.807, 2.05) is 47.4 Å². The summed E-state index contributed by atoms with van der Waals surface area (Å²) in [6.45, 7) is 4.25. The maximum atomic E-state index is 13.0. The summed E-state index contributed by atoms with van der Waals surface area (Å²) in [6, 6.07) is 20.4. The number of piperidine rings is 1. The van der Waals surface area contributed by atoms with Crippen molar-refractivity contribution in [3.8, 4) is 11.8 Å². The summed E-state index contributed by atoms with van der Waals surface area (Å²) in [7, 11) is 1.58. The van der Waals surface area contributed by atoms with Crippen LogP contribution in [-0.4, -0.2) is 108 Å². The molecule has 4 heterocycles. The molecule has 63 heavy (non-hydrogen) atoms. The number of anilines is 5. The molecule has 1 unspecified atom stereocenters. The first-order valence-corrected chi connectivity index (χ1v) is 21.8. The Bertz CT molecular complexity index is 2440. The smallest absolute Gasteiger partial charge is 0.317 e. The minimum Gasteiger partial charge on any atom is -0.368 e. The number of fused-ring (bicyclic) bond motifs is 1. The van der Waals surface area contributed by atoms with Crippen molar-refractivity contribution < 1.29 is 24.0 Å². The molecule has 3 aromatic carbocycles. The molecular formula is C46H50ClN11O5. The van der Waals surface area contributed by atoms with Gasteiger partial charge in [0, 0.05) is 93.7 Å². The summed E-state index contributed by atoms with van der Waals surface area (Å²) in [5.74, 6) is 6.63. The van der Waals surface area contributed by atoms with Crippen LogP contribution in [0.1, 0.15) is 70.4 Å². The number of nitrogens with zero attached hydrogens (tertiary/aromatic N) is 5. The number of rotatable bonds is 11. The molecule has 0 spiro atoms. The van der Waals surface area contributed by atoms with Gasteiger partial charge in [-0.2, -0.15) is 4.98 Å². The van der Waals surface area contributed by atoms with Gasteiger partial charge in [0.05, 0.1) is 17.4 Å². The lowest BCUT2D eigenvalue weighted by atomic mass is 9.86. The number of hydrogen-bond acceptors (Lipinski definition) is 11. The molecule has 2 saturated heterocycles. The number of carbonyl (C=O) groups is 5. The minimum absolute atomic E-state index is 0.0523. The second-order valence-electron chi connectivity index (χ2n) is 16.1. The van der Waals surface area contributed by atoms with Gasteiger partial charge in [-0.25, -0.2) is 9.78 Å². The Morgan fingerprint density at radius 1 is 0.905 bits per heavy atom. The molecule has 0 radical (unpaired) electrons. The van der Waals surface area contributed by atoms with E-state index in [1.54, 1.807) is 36.2 Å². The number of imide groups is 1. The summed E-state index contributed by atoms with van der Waals surface area (Å²) in [6.07, 6.45) is 6.06. The number of para-hydroxylation sites is 1. The van der Waals surface area contributed by atoms with Crippen LogP contribution in [0.25, 0.3) is 0 Å². The first-order chi connectivity index (χ1) is 30.6. The monoisotopic (exact) mass is 871 g/mol. The Kier molecular flexibility index (Phi) is 13.3. The van der Waals surface area contributed by atoms with Crippen molar-refractivity contribution in [2.75, 3.05) is 61.8 Å². The number of hydrogen-bond donors (Lipinski definition) is 6. The van der Waals surface area contributed by atoms with Gasteiger partial charge in [0.1, 0.15) is 11.1 Å². The number of nitrogens with one attached hydrogen (secondary N) is 6. The van der Waals surface area contributed by atoms with Crippen molar-refractivity contribution in [2.24, 2.45) is 5.92 Å². The average Bonchev–Trinajstić information content (AvgIpc) is 3.63. The Hall–Kier alpha value is -6.70. The number of carbonyl (C=O) groups excluding carboxylic acids is 5. The maximum absolute atomic E-state index is 13.0. The predicted molar refractivity (Wildman–Crippen MR) is 240 cm³/mol. The fourth-order valence-corrected chi connectivity index (χ4v) is 8.60. The summed E-state index contributed by atoms with van der Waals surface area (Å²) in [4.78, 5) is 76.8. The topological polar surface area (TPSA) is 193 Å². The van der Waals surface area contributed by atoms with Crippen molar-refractivity contribution in [2.45, 2.75) is 57.2 Å². The van der Waals surface area contributed by atoms with E-state index in [2.05, 4.69) is 58.6 Å². The molecule has 1 saturated carbocycles. The van der Waals surface area contributed by atoms with Crippen LogP contribution in [0, 0.1) is 17.8 Å². The van der Waals surface area contributed by atoms with Crippen LogP contribution in [0.5, 0.6) is 0 Å². The van der Waals surface area contributed by atoms with Crippen molar-refractivity contribution in [3.63, 3.8) is 0 Å². The number of aromatic nitrogens is 2. The van der Waals surface area contributed by atoms with Gasteiger partial charge in [-0.3, -0.25) is 24.5 Å². The number of urea groups is 1. The van der Waals surface area contributed by atoms with E-state index in [1.165, 1.54) is 6.20 Å². The van der Waals surface area contributed by atoms with E-state index < -0.39 is 11.9 Å². The standard InChI is InChI=1S/C46H50ClN11O5/c1-48-42(60)36-4-2-3-5-38(36)53-41-37(47)27-51-45(55-41)52-33-13-15-34(16-14-33)56-22-24-57(25-23-56)46(63)50-21-20-49-32-11-8-29(9-12-32)6-7-30-10-17-35-31(26-30)28-58(44(35)62)39-18-19-40(59)54-43(39)61/h2-5,10,13-17,26-27,29,32,39,49H,8-9,11-12,18-25,28H2,1H3,(H,48,60)(H,50,63)(H,54,59,61)(H2,51,52,53,55)/t29-,32-,39?. The zero-order chi connectivity index (χ0) is 43.9. The van der Waals surface area contributed by atoms with Crippen molar-refractivity contribution in [1.29, 1.82) is 0 Å². The second-order valence-corrected chi connectivity index (χ2v) is 16.5. The highest BCUT2D eigenvalue weighted by atomic mass is 35.5. The van der Waals surface area contributed by atoms with Gasteiger partial charge in [0.25, 0.3) is 11.8 Å². The van der Waals surface area contributed by atoms with Crippen molar-refractivity contribution in [1.82, 2.24) is 41.0 Å². The SMILES string of the molecule is CNC(=O)c1ccccc1Nc1nc(Nc2ccc(N3CCN(C(=O)NCCN[C@H]4CC[C@H](C#Cc5ccc6c(c5)CN(C5CCC(=O)NC5=O)C6=O)CC4)CC3)cc2)ncc1Cl. The van der Waals surface area contributed by atoms with Gasteiger partial charge in [0.2, 0.25) is 17.8 Å². The van der Waals surface area contributed by atoms with Gasteiger partial charge in [-0.1, -0.05) is 35.6 Å². The number of benzene rings is 3. The molecule has 1 aromatic heterocycles. The fourth-order valence-electron chi connectivity index (χ4n) is 8.46. The van der Waals surface area contributed by atoms with Crippen molar-refractivity contribution >= 4 is 70.1 Å². The van der Waals surface area contributed by atoms with Gasteiger partial charge in [-0.15, -0.1) is 0 Å². The Morgan fingerprint density at radius 2 is 1.68 bits per heavy atom. The van der Waals surface area contributed by atoms with E-state index in [-0.39, 0.29) is 30.2 Å². The summed E-state index contributed by atoms with van der Waals surface area (Å²) >= 11 is 6.40. The predicted octanol–water partition coefficient (Wildman–Crippen LogP) is 4.77. The highest BCUT2D eigenvalue weighted by Gasteiger charge is 2.39. The molecule has 3 aliphatic heterocycles. The van der Waals surface area contributed by atoms with Crippen LogP contribution in [0.3, 0.4) is 0 Å². The molecule has 16 nitrogen and oxygen atoms in total. The molecule has 3 fully saturated rings. The van der Waals surface area contributed by atoms with Crippen LogP contribution in [-0.2, 0) is 16.1 Å². The summed E-state index contributed by atoms with van der Waals surface area (Å²) in [5, 5.41) is 18.3. The normalized spacial score (nSPS) is 19.7. The third-order valence-electron chi connectivity index (χ3n) is 12.0. The lowest BCUT2D eigenvalue weighted by Gasteiger charge is -2.36. The quantitative estimate of drug-likeness (QED) is 0.0692. The lowest BCUT2D eigenvalue weighted by Crippen LogP contribution is -2.52. The highest BCUT2D eigenvalue weighted by molar-refractivity contribution is 6.33. The molecular weight excluding hydrogens is 822 g/mol. The first-order valence-electron chi connectivity index (χ1n) is 21.4. The largest absolute Gasteiger partial charge is 0.368 e. The van der Waals surface area contributed by atoms with E-state index in [0.717, 1.165) is 48.2 Å². The number of halogens is 1. The summed E-state index contributed by atoms with van der Waals surface area (Å²) < 4.78 is 0. The zero-order valence-corrected chi connectivity index (χ0v) is 35.8. The van der Waals surface area contributed by atoms with E-state index in [4.69, 9.17) is 11.6 Å². The van der Waals surface area contributed by atoms with Crippen LogP contribution in [0.4, 0.5) is 33.6 Å². The molecule has 6 amide bonds. The molecule has 8 rings (SSSR count). The third kappa shape index (κ3) is 10.3. The van der Waals surface area contributed by atoms with Crippen molar-refractivity contribution in [3.05, 3.63) is 100 Å². The van der Waals surface area contributed by atoms with Gasteiger partial charge >= 0.3 is 6.03 Å². The van der Waals surface area contributed by atoms with E-state index in [0.29, 0.717) is 97.8 Å². The third-order valence-corrected chi connectivity index (χ3v) is 12.2. The van der Waals surface area contributed by atoms with E-state index in [9.17, 15) is 24.0 Å². The molecule has 1 atom stereocenters. The van der Waals surface area contributed by atoms with Gasteiger partial charge in [0.15, 0.2) is 5.82 Å². The zero-order valence-electron chi connectivity index (χ0n) is 35.0. The minimum atomic E-state index is -0.629. The fraction of sp³-hybridized carbons (Fsp3) is 0.370. The molecule has 1 aliphatic carbocycles. The van der Waals surface area contributed by atoms with E-state index >= 15 is 0 Å². The molecule has 326 valence electrons. The van der Waals surface area contributed by atoms with Crippen LogP contribution < -0.4 is 36.8 Å².